The standard InChI is InChI=1S/C19H32N4O/c1-19(2,3)14-17(16-6-5-8-20-15-16)21-18(24)7-9-23-12-10-22(4)11-13-23/h5-6,8,15,17H,7,9-14H2,1-4H3,(H,21,24). The molecule has 0 spiro atoms. The van der Waals surface area contributed by atoms with Gasteiger partial charge in [-0.3, -0.25) is 9.78 Å². The minimum atomic E-state index is 0.0266. The predicted octanol–water partition coefficient (Wildman–Crippen LogP) is 2.31. The van der Waals surface area contributed by atoms with Crippen molar-refractivity contribution >= 4 is 5.91 Å². The zero-order chi connectivity index (χ0) is 17.6. The lowest BCUT2D eigenvalue weighted by atomic mass is 9.86. The van der Waals surface area contributed by atoms with Gasteiger partial charge in [-0.2, -0.15) is 0 Å². The zero-order valence-electron chi connectivity index (χ0n) is 15.6. The summed E-state index contributed by atoms with van der Waals surface area (Å²) in [6.07, 6.45) is 5.09. The number of rotatable bonds is 6. The van der Waals surface area contributed by atoms with Crippen LogP contribution in [0.4, 0.5) is 0 Å². The Morgan fingerprint density at radius 1 is 1.29 bits per heavy atom. The SMILES string of the molecule is CN1CCN(CCC(=O)NC(CC(C)(C)C)c2cccnc2)CC1. The molecule has 134 valence electrons. The number of carbonyl (C=O) groups is 1. The summed E-state index contributed by atoms with van der Waals surface area (Å²) in [5.74, 6) is 0.132. The molecule has 0 bridgehead atoms. The molecule has 0 radical (unpaired) electrons. The third kappa shape index (κ3) is 6.57. The Morgan fingerprint density at radius 2 is 2.00 bits per heavy atom. The Hall–Kier alpha value is -1.46. The number of likely N-dealkylation sites (N-methyl/N-ethyl adjacent to an activating group) is 1. The lowest BCUT2D eigenvalue weighted by Gasteiger charge is -2.32. The summed E-state index contributed by atoms with van der Waals surface area (Å²) in [7, 11) is 2.15. The van der Waals surface area contributed by atoms with E-state index in [1.165, 1.54) is 0 Å². The Bertz CT molecular complexity index is 504. The number of hydrogen-bond donors (Lipinski definition) is 1. The van der Waals surface area contributed by atoms with Crippen molar-refractivity contribution in [2.45, 2.75) is 39.7 Å². The van der Waals surface area contributed by atoms with Crippen molar-refractivity contribution in [1.29, 1.82) is 0 Å². The van der Waals surface area contributed by atoms with Crippen LogP contribution in [-0.2, 0) is 4.79 Å². The van der Waals surface area contributed by atoms with Crippen LogP contribution in [0.3, 0.4) is 0 Å². The van der Waals surface area contributed by atoms with Crippen LogP contribution in [-0.4, -0.2) is 60.5 Å². The highest BCUT2D eigenvalue weighted by Crippen LogP contribution is 2.29. The van der Waals surface area contributed by atoms with E-state index >= 15 is 0 Å². The molecular weight excluding hydrogens is 300 g/mol. The molecule has 1 fully saturated rings. The van der Waals surface area contributed by atoms with Crippen molar-refractivity contribution in [3.05, 3.63) is 30.1 Å². The molecule has 1 N–H and O–H groups in total. The van der Waals surface area contributed by atoms with E-state index in [2.05, 4.69) is 47.9 Å². The first-order valence-corrected chi connectivity index (χ1v) is 8.94. The fraction of sp³-hybridized carbons (Fsp3) is 0.684. The molecule has 0 aromatic carbocycles. The van der Waals surface area contributed by atoms with Crippen molar-refractivity contribution in [3.63, 3.8) is 0 Å². The summed E-state index contributed by atoms with van der Waals surface area (Å²) in [6.45, 7) is 11.7. The maximum Gasteiger partial charge on any atom is 0.221 e. The van der Waals surface area contributed by atoms with E-state index in [9.17, 15) is 4.79 Å². The van der Waals surface area contributed by atoms with Crippen LogP contribution in [0.1, 0.15) is 45.2 Å². The summed E-state index contributed by atoms with van der Waals surface area (Å²) in [4.78, 5) is 21.4. The van der Waals surface area contributed by atoms with Gasteiger partial charge in [-0.25, -0.2) is 0 Å². The van der Waals surface area contributed by atoms with Crippen LogP contribution in [0.15, 0.2) is 24.5 Å². The molecule has 1 aliphatic heterocycles. The van der Waals surface area contributed by atoms with Crippen LogP contribution in [0.25, 0.3) is 0 Å². The Kier molecular flexibility index (Phi) is 6.75. The summed E-state index contributed by atoms with van der Waals surface area (Å²) in [6, 6.07) is 4.00. The molecule has 1 aliphatic rings. The van der Waals surface area contributed by atoms with Gasteiger partial charge in [-0.05, 0) is 30.5 Å². The summed E-state index contributed by atoms with van der Waals surface area (Å²) < 4.78 is 0. The van der Waals surface area contributed by atoms with Gasteiger partial charge >= 0.3 is 0 Å². The van der Waals surface area contributed by atoms with Crippen molar-refractivity contribution in [1.82, 2.24) is 20.1 Å². The first kappa shape index (κ1) is 18.9. The zero-order valence-corrected chi connectivity index (χ0v) is 15.6. The second-order valence-electron chi connectivity index (χ2n) is 8.07. The quantitative estimate of drug-likeness (QED) is 0.868. The molecule has 0 aliphatic carbocycles. The lowest BCUT2D eigenvalue weighted by Crippen LogP contribution is -2.45. The Labute approximate surface area is 146 Å². The molecule has 1 aromatic heterocycles. The first-order chi connectivity index (χ1) is 11.3. The normalized spacial score (nSPS) is 18.3. The number of aromatic nitrogens is 1. The van der Waals surface area contributed by atoms with Crippen LogP contribution in [0.2, 0.25) is 0 Å². The molecule has 24 heavy (non-hydrogen) atoms. The molecular formula is C19H32N4O. The molecule has 0 saturated carbocycles. The van der Waals surface area contributed by atoms with Gasteiger partial charge in [0.25, 0.3) is 0 Å². The fourth-order valence-electron chi connectivity index (χ4n) is 3.04. The monoisotopic (exact) mass is 332 g/mol. The van der Waals surface area contributed by atoms with E-state index < -0.39 is 0 Å². The minimum absolute atomic E-state index is 0.0266. The Morgan fingerprint density at radius 3 is 2.58 bits per heavy atom. The molecule has 5 nitrogen and oxygen atoms in total. The lowest BCUT2D eigenvalue weighted by molar-refractivity contribution is -0.122. The highest BCUT2D eigenvalue weighted by molar-refractivity contribution is 5.76. The van der Waals surface area contributed by atoms with Gasteiger partial charge in [-0.1, -0.05) is 26.8 Å². The average molecular weight is 332 g/mol. The summed E-state index contributed by atoms with van der Waals surface area (Å²) >= 11 is 0. The van der Waals surface area contributed by atoms with E-state index in [-0.39, 0.29) is 17.4 Å². The molecule has 2 heterocycles. The van der Waals surface area contributed by atoms with E-state index in [1.54, 1.807) is 6.20 Å². The topological polar surface area (TPSA) is 48.5 Å². The second kappa shape index (κ2) is 8.58. The number of carbonyl (C=O) groups excluding carboxylic acids is 1. The van der Waals surface area contributed by atoms with Crippen molar-refractivity contribution < 1.29 is 4.79 Å². The predicted molar refractivity (Wildman–Crippen MR) is 97.7 cm³/mol. The number of pyridine rings is 1. The number of hydrogen-bond acceptors (Lipinski definition) is 4. The van der Waals surface area contributed by atoms with Gasteiger partial charge in [0.2, 0.25) is 5.91 Å². The van der Waals surface area contributed by atoms with E-state index in [4.69, 9.17) is 0 Å². The van der Waals surface area contributed by atoms with Crippen LogP contribution in [0, 0.1) is 5.41 Å². The molecule has 1 amide bonds. The van der Waals surface area contributed by atoms with Crippen LogP contribution < -0.4 is 5.32 Å². The van der Waals surface area contributed by atoms with Crippen molar-refractivity contribution in [2.75, 3.05) is 39.8 Å². The Balaban J connectivity index is 1.87. The van der Waals surface area contributed by atoms with Gasteiger partial charge in [-0.15, -0.1) is 0 Å². The second-order valence-corrected chi connectivity index (χ2v) is 8.07. The third-order valence-corrected chi connectivity index (χ3v) is 4.49. The summed E-state index contributed by atoms with van der Waals surface area (Å²) in [5.41, 5.74) is 1.23. The third-order valence-electron chi connectivity index (χ3n) is 4.49. The first-order valence-electron chi connectivity index (χ1n) is 8.94. The molecule has 1 aromatic rings. The van der Waals surface area contributed by atoms with E-state index in [0.29, 0.717) is 6.42 Å². The summed E-state index contributed by atoms with van der Waals surface area (Å²) in [5, 5.41) is 3.22. The molecule has 1 atom stereocenters. The molecule has 1 saturated heterocycles. The van der Waals surface area contributed by atoms with Crippen molar-refractivity contribution in [3.8, 4) is 0 Å². The maximum absolute atomic E-state index is 12.5. The van der Waals surface area contributed by atoms with E-state index in [1.807, 2.05) is 18.3 Å². The van der Waals surface area contributed by atoms with Gasteiger partial charge in [0, 0.05) is 51.5 Å². The maximum atomic E-state index is 12.5. The van der Waals surface area contributed by atoms with Crippen LogP contribution >= 0.6 is 0 Å². The number of piperazine rings is 1. The number of nitrogens with zero attached hydrogens (tertiary/aromatic N) is 3. The van der Waals surface area contributed by atoms with Gasteiger partial charge < -0.3 is 15.1 Å². The average Bonchev–Trinajstić information content (AvgIpc) is 2.53. The molecule has 2 rings (SSSR count). The minimum Gasteiger partial charge on any atom is -0.349 e. The van der Waals surface area contributed by atoms with E-state index in [0.717, 1.165) is 44.7 Å². The highest BCUT2D eigenvalue weighted by Gasteiger charge is 2.22. The number of nitrogens with one attached hydrogen (secondary N) is 1. The van der Waals surface area contributed by atoms with Gasteiger partial charge in [0.15, 0.2) is 0 Å². The fourth-order valence-corrected chi connectivity index (χ4v) is 3.04. The smallest absolute Gasteiger partial charge is 0.221 e. The number of amides is 1. The molecule has 5 heteroatoms. The molecule has 1 unspecified atom stereocenters. The highest BCUT2D eigenvalue weighted by atomic mass is 16.1. The largest absolute Gasteiger partial charge is 0.349 e. The van der Waals surface area contributed by atoms with Crippen molar-refractivity contribution in [2.24, 2.45) is 5.41 Å². The van der Waals surface area contributed by atoms with Crippen LogP contribution in [0.5, 0.6) is 0 Å². The van der Waals surface area contributed by atoms with Gasteiger partial charge in [0.05, 0.1) is 6.04 Å². The van der Waals surface area contributed by atoms with Gasteiger partial charge in [0.1, 0.15) is 0 Å².